The lowest BCUT2D eigenvalue weighted by atomic mass is 10.1. The van der Waals surface area contributed by atoms with Crippen molar-refractivity contribution in [2.24, 2.45) is 0 Å². The molecule has 2 N–H and O–H groups in total. The van der Waals surface area contributed by atoms with Gasteiger partial charge in [0.2, 0.25) is 11.8 Å². The Morgan fingerprint density at radius 2 is 1.59 bits per heavy atom. The van der Waals surface area contributed by atoms with Gasteiger partial charge in [-0.2, -0.15) is 0 Å². The molecule has 2 amide bonds. The van der Waals surface area contributed by atoms with E-state index >= 15 is 0 Å². The first-order valence-corrected chi connectivity index (χ1v) is 13.0. The van der Waals surface area contributed by atoms with Crippen LogP contribution >= 0.6 is 0 Å². The van der Waals surface area contributed by atoms with Crippen LogP contribution in [-0.4, -0.2) is 44.5 Å². The van der Waals surface area contributed by atoms with Gasteiger partial charge in [-0.1, -0.05) is 42.5 Å². The van der Waals surface area contributed by atoms with Gasteiger partial charge in [0.25, 0.3) is 15.9 Å². The molecule has 0 bridgehead atoms. The fourth-order valence-corrected chi connectivity index (χ4v) is 4.19. The van der Waals surface area contributed by atoms with Gasteiger partial charge in [-0.3, -0.25) is 9.59 Å². The maximum absolute atomic E-state index is 12.6. The van der Waals surface area contributed by atoms with E-state index < -0.39 is 22.1 Å². The molecule has 0 unspecified atom stereocenters. The molecule has 194 valence electrons. The number of sulfonamides is 1. The highest BCUT2D eigenvalue weighted by atomic mass is 32.2. The number of carbonyl (C=O) groups is 3. The van der Waals surface area contributed by atoms with E-state index in [4.69, 9.17) is 4.74 Å². The molecule has 0 radical (unpaired) electrons. The number of carbonyl (C=O) groups excluding carboxylic acids is 3. The molecule has 10 nitrogen and oxygen atoms in total. The highest BCUT2D eigenvalue weighted by Crippen LogP contribution is 2.13. The molecule has 1 aromatic heterocycles. The van der Waals surface area contributed by atoms with Gasteiger partial charge in [-0.15, -0.1) is 0 Å². The second-order valence-electron chi connectivity index (χ2n) is 7.83. The van der Waals surface area contributed by atoms with Crippen molar-refractivity contribution in [3.05, 3.63) is 89.6 Å². The Bertz CT molecular complexity index is 1310. The summed E-state index contributed by atoms with van der Waals surface area (Å²) in [6.07, 6.45) is 1.71. The Labute approximate surface area is 215 Å². The van der Waals surface area contributed by atoms with Gasteiger partial charge < -0.3 is 14.8 Å². The normalized spacial score (nSPS) is 10.8. The Kier molecular flexibility index (Phi) is 9.73. The molecular formula is C26H27N3O7S. The van der Waals surface area contributed by atoms with Gasteiger partial charge >= 0.3 is 6.16 Å². The molecule has 0 atom stereocenters. The maximum atomic E-state index is 12.6. The van der Waals surface area contributed by atoms with E-state index in [1.54, 1.807) is 19.1 Å². The average Bonchev–Trinajstić information content (AvgIpc) is 2.89. The summed E-state index contributed by atoms with van der Waals surface area (Å²) in [5.74, 6) is -1.04. The lowest BCUT2D eigenvalue weighted by Gasteiger charge is -2.09. The van der Waals surface area contributed by atoms with Crippen molar-refractivity contribution in [2.75, 3.05) is 13.2 Å². The zero-order valence-electron chi connectivity index (χ0n) is 20.2. The summed E-state index contributed by atoms with van der Waals surface area (Å²) in [7, 11) is -4.13. The highest BCUT2D eigenvalue weighted by molar-refractivity contribution is 7.90. The molecule has 3 rings (SSSR count). The van der Waals surface area contributed by atoms with E-state index in [0.29, 0.717) is 25.8 Å². The first-order chi connectivity index (χ1) is 17.8. The molecule has 0 spiro atoms. The predicted octanol–water partition coefficient (Wildman–Crippen LogP) is 3.03. The third-order valence-corrected chi connectivity index (χ3v) is 6.48. The smallest absolute Gasteiger partial charge is 0.434 e. The summed E-state index contributed by atoms with van der Waals surface area (Å²) >= 11 is 0. The van der Waals surface area contributed by atoms with Gasteiger partial charge in [0, 0.05) is 25.2 Å². The van der Waals surface area contributed by atoms with Crippen molar-refractivity contribution in [3.63, 3.8) is 0 Å². The molecule has 0 saturated heterocycles. The van der Waals surface area contributed by atoms with Gasteiger partial charge in [0.15, 0.2) is 0 Å². The monoisotopic (exact) mass is 525 g/mol. The average molecular weight is 526 g/mol. The number of hydrogen-bond acceptors (Lipinski definition) is 8. The zero-order chi connectivity index (χ0) is 26.7. The van der Waals surface area contributed by atoms with Crippen LogP contribution in [0.1, 0.15) is 34.8 Å². The van der Waals surface area contributed by atoms with Gasteiger partial charge in [0.1, 0.15) is 0 Å². The molecular weight excluding hydrogens is 498 g/mol. The molecule has 1 heterocycles. The Hall–Kier alpha value is -4.25. The third-order valence-electron chi connectivity index (χ3n) is 5.13. The maximum Gasteiger partial charge on any atom is 0.515 e. The fourth-order valence-electron chi connectivity index (χ4n) is 3.22. The quantitative estimate of drug-likeness (QED) is 0.364. The highest BCUT2D eigenvalue weighted by Gasteiger charge is 2.19. The van der Waals surface area contributed by atoms with E-state index in [1.165, 1.54) is 24.3 Å². The van der Waals surface area contributed by atoms with Crippen molar-refractivity contribution in [1.29, 1.82) is 0 Å². The van der Waals surface area contributed by atoms with Crippen LogP contribution < -0.4 is 14.8 Å². The van der Waals surface area contributed by atoms with E-state index in [0.717, 1.165) is 17.3 Å². The Balaban J connectivity index is 1.47. The number of hydrogen-bond donors (Lipinski definition) is 2. The van der Waals surface area contributed by atoms with Gasteiger partial charge in [-0.25, -0.2) is 22.9 Å². The summed E-state index contributed by atoms with van der Waals surface area (Å²) in [5.41, 5.74) is 1.88. The SMILES string of the molecule is CCOC(=O)Oc1ccc(C(=O)NS(=O)(=O)c2ccc(CCNC(=O)CCc3ccccc3)cc2)cn1. The largest absolute Gasteiger partial charge is 0.515 e. The van der Waals surface area contributed by atoms with Crippen LogP contribution in [0.2, 0.25) is 0 Å². The van der Waals surface area contributed by atoms with Crippen LogP contribution in [0.15, 0.2) is 77.8 Å². The molecule has 0 fully saturated rings. The van der Waals surface area contributed by atoms with Crippen LogP contribution in [0, 0.1) is 0 Å². The number of aromatic nitrogens is 1. The lowest BCUT2D eigenvalue weighted by Crippen LogP contribution is -2.30. The predicted molar refractivity (Wildman–Crippen MR) is 134 cm³/mol. The number of pyridine rings is 1. The summed E-state index contributed by atoms with van der Waals surface area (Å²) in [5, 5.41) is 2.86. The van der Waals surface area contributed by atoms with E-state index in [9.17, 15) is 22.8 Å². The second-order valence-corrected chi connectivity index (χ2v) is 9.52. The third kappa shape index (κ3) is 8.73. The number of nitrogens with one attached hydrogen (secondary N) is 2. The molecule has 0 saturated carbocycles. The summed E-state index contributed by atoms with van der Waals surface area (Å²) < 4.78 is 36.6. The number of amides is 2. The number of ether oxygens (including phenoxy) is 2. The molecule has 2 aromatic carbocycles. The standard InChI is InChI=1S/C26H27N3O7S/c1-2-35-26(32)36-24-15-11-21(18-28-24)25(31)29-37(33,34)22-12-8-20(9-13-22)16-17-27-23(30)14-10-19-6-4-3-5-7-19/h3-9,11-13,15,18H,2,10,14,16-17H2,1H3,(H,27,30)(H,29,31). The van der Waals surface area contributed by atoms with Gasteiger partial charge in [-0.05, 0) is 49.1 Å². The number of nitrogens with zero attached hydrogens (tertiary/aromatic N) is 1. The summed E-state index contributed by atoms with van der Waals surface area (Å²) in [4.78, 5) is 39.4. The lowest BCUT2D eigenvalue weighted by molar-refractivity contribution is -0.121. The second kappa shape index (κ2) is 13.2. The molecule has 0 aliphatic heterocycles. The van der Waals surface area contributed by atoms with E-state index in [1.807, 2.05) is 35.1 Å². The molecule has 3 aromatic rings. The van der Waals surface area contributed by atoms with Crippen LogP contribution in [0.4, 0.5) is 4.79 Å². The zero-order valence-corrected chi connectivity index (χ0v) is 21.0. The van der Waals surface area contributed by atoms with Crippen LogP contribution in [0.5, 0.6) is 5.88 Å². The molecule has 11 heteroatoms. The Morgan fingerprint density at radius 3 is 2.24 bits per heavy atom. The fraction of sp³-hybridized carbons (Fsp3) is 0.231. The molecule has 0 aliphatic carbocycles. The molecule has 37 heavy (non-hydrogen) atoms. The van der Waals surface area contributed by atoms with Crippen LogP contribution in [0.3, 0.4) is 0 Å². The van der Waals surface area contributed by atoms with Crippen molar-refractivity contribution in [2.45, 2.75) is 31.1 Å². The van der Waals surface area contributed by atoms with E-state index in [-0.39, 0.29) is 28.9 Å². The van der Waals surface area contributed by atoms with Crippen molar-refractivity contribution in [1.82, 2.24) is 15.0 Å². The minimum atomic E-state index is -4.13. The number of rotatable bonds is 11. The van der Waals surface area contributed by atoms with Gasteiger partial charge in [0.05, 0.1) is 17.1 Å². The number of aryl methyl sites for hydroxylation is 1. The molecule has 0 aliphatic rings. The minimum absolute atomic E-state index is 0.0422. The topological polar surface area (TPSA) is 141 Å². The first kappa shape index (κ1) is 27.3. The summed E-state index contributed by atoms with van der Waals surface area (Å²) in [6.45, 7) is 2.16. The van der Waals surface area contributed by atoms with Crippen molar-refractivity contribution in [3.8, 4) is 5.88 Å². The number of benzene rings is 2. The van der Waals surface area contributed by atoms with E-state index in [2.05, 4.69) is 15.0 Å². The van der Waals surface area contributed by atoms with Crippen molar-refractivity contribution >= 4 is 28.0 Å². The van der Waals surface area contributed by atoms with Crippen LogP contribution in [-0.2, 0) is 32.4 Å². The van der Waals surface area contributed by atoms with Crippen molar-refractivity contribution < 1.29 is 32.3 Å². The van der Waals surface area contributed by atoms with Crippen LogP contribution in [0.25, 0.3) is 0 Å². The first-order valence-electron chi connectivity index (χ1n) is 11.5. The Morgan fingerprint density at radius 1 is 0.892 bits per heavy atom. The summed E-state index contributed by atoms with van der Waals surface area (Å²) in [6, 6.07) is 18.3. The minimum Gasteiger partial charge on any atom is -0.434 e.